The van der Waals surface area contributed by atoms with Crippen LogP contribution in [0.3, 0.4) is 0 Å². The molecule has 3 unspecified atom stereocenters. The molecule has 0 spiro atoms. The van der Waals surface area contributed by atoms with Crippen molar-refractivity contribution in [2.75, 3.05) is 27.2 Å². The first kappa shape index (κ1) is 31.2. The Hall–Kier alpha value is -3.76. The molecule has 2 aromatic carbocycles. The summed E-state index contributed by atoms with van der Waals surface area (Å²) >= 11 is 0. The number of hydrogen-bond acceptors (Lipinski definition) is 7. The van der Waals surface area contributed by atoms with Crippen LogP contribution in [0.25, 0.3) is 22.2 Å². The quantitative estimate of drug-likeness (QED) is 0.230. The smallest absolute Gasteiger partial charge is 0.410 e. The van der Waals surface area contributed by atoms with E-state index < -0.39 is 29.7 Å². The Kier molecular flexibility index (Phi) is 10.0. The lowest BCUT2D eigenvalue weighted by molar-refractivity contribution is -0.127. The average molecular weight is 577 g/mol. The van der Waals surface area contributed by atoms with E-state index in [1.54, 1.807) is 27.7 Å². The van der Waals surface area contributed by atoms with Gasteiger partial charge in [0, 0.05) is 25.2 Å². The minimum Gasteiger partial charge on any atom is -0.444 e. The molecule has 10 heteroatoms. The molecule has 4 rings (SSSR count). The molecule has 226 valence electrons. The number of aldehydes is 1. The van der Waals surface area contributed by atoms with Gasteiger partial charge in [0.2, 0.25) is 5.91 Å². The first-order valence-electron chi connectivity index (χ1n) is 14.7. The van der Waals surface area contributed by atoms with Crippen molar-refractivity contribution >= 4 is 29.3 Å². The van der Waals surface area contributed by atoms with Gasteiger partial charge in [-0.2, -0.15) is 0 Å². The van der Waals surface area contributed by atoms with Gasteiger partial charge in [0.05, 0.1) is 23.1 Å². The standard InChI is InChI=1S/C32H44N6O4/c1-21(37(5)31(41)42-32(2,3)4)30(40)34-23(20-39)19-33-18-17-24-15-16-27(38(24)6)29-35-26-14-10-13-25(28(26)36-29)22-11-8-7-9-12-22/h7-14,20-21,23-24,27,33H,15-19H2,1-6H3,(H,34,40)(H,35,36)/t21?,23?,24-,27?/m1/s1. The zero-order valence-corrected chi connectivity index (χ0v) is 25.5. The van der Waals surface area contributed by atoms with E-state index in [4.69, 9.17) is 9.72 Å². The number of para-hydroxylation sites is 1. The maximum absolute atomic E-state index is 12.7. The number of carbonyl (C=O) groups excluding carboxylic acids is 3. The zero-order chi connectivity index (χ0) is 30.4. The highest BCUT2D eigenvalue weighted by Gasteiger charge is 2.33. The van der Waals surface area contributed by atoms with E-state index in [-0.39, 0.29) is 6.04 Å². The number of rotatable bonds is 11. The van der Waals surface area contributed by atoms with E-state index in [1.807, 2.05) is 18.2 Å². The Balaban J connectivity index is 1.26. The summed E-state index contributed by atoms with van der Waals surface area (Å²) in [6.45, 7) is 7.91. The summed E-state index contributed by atoms with van der Waals surface area (Å²) in [4.78, 5) is 48.9. The SMILES string of the molecule is CC(C(=O)NC(C=O)CNCC[C@H]1CCC(c2nc3c(-c4ccccc4)cccc3[nH]2)N1C)N(C)C(=O)OC(C)(C)C. The van der Waals surface area contributed by atoms with Crippen LogP contribution in [0.5, 0.6) is 0 Å². The number of aromatic amines is 1. The maximum Gasteiger partial charge on any atom is 0.410 e. The molecule has 3 aromatic rings. The van der Waals surface area contributed by atoms with Crippen molar-refractivity contribution in [2.45, 2.75) is 76.7 Å². The van der Waals surface area contributed by atoms with Crippen LogP contribution < -0.4 is 10.6 Å². The van der Waals surface area contributed by atoms with Crippen molar-refractivity contribution in [1.82, 2.24) is 30.4 Å². The molecular weight excluding hydrogens is 532 g/mol. The third-order valence-corrected chi connectivity index (χ3v) is 7.92. The predicted octanol–water partition coefficient (Wildman–Crippen LogP) is 4.28. The van der Waals surface area contributed by atoms with Gasteiger partial charge in [0.15, 0.2) is 0 Å². The van der Waals surface area contributed by atoms with Gasteiger partial charge >= 0.3 is 6.09 Å². The lowest BCUT2D eigenvalue weighted by Gasteiger charge is -2.28. The summed E-state index contributed by atoms with van der Waals surface area (Å²) < 4.78 is 5.33. The number of aromatic nitrogens is 2. The van der Waals surface area contributed by atoms with E-state index in [9.17, 15) is 14.4 Å². The predicted molar refractivity (Wildman–Crippen MR) is 164 cm³/mol. The van der Waals surface area contributed by atoms with E-state index in [0.717, 1.165) is 47.2 Å². The van der Waals surface area contributed by atoms with E-state index in [1.165, 1.54) is 11.9 Å². The number of nitrogens with one attached hydrogen (secondary N) is 3. The molecule has 0 aliphatic carbocycles. The van der Waals surface area contributed by atoms with Gasteiger partial charge in [-0.3, -0.25) is 14.6 Å². The molecule has 0 radical (unpaired) electrons. The van der Waals surface area contributed by atoms with Gasteiger partial charge in [0.1, 0.15) is 23.8 Å². The van der Waals surface area contributed by atoms with Gasteiger partial charge in [-0.1, -0.05) is 42.5 Å². The number of carbonyl (C=O) groups is 3. The normalized spacial score (nSPS) is 18.9. The Labute approximate surface area is 248 Å². The summed E-state index contributed by atoms with van der Waals surface area (Å²) in [7, 11) is 3.65. The second-order valence-corrected chi connectivity index (χ2v) is 12.1. The summed E-state index contributed by atoms with van der Waals surface area (Å²) in [5, 5.41) is 6.03. The van der Waals surface area contributed by atoms with Gasteiger partial charge in [-0.05, 0) is 72.2 Å². The van der Waals surface area contributed by atoms with Crippen LogP contribution >= 0.6 is 0 Å². The number of amides is 2. The number of hydrogen-bond donors (Lipinski definition) is 3. The summed E-state index contributed by atoms with van der Waals surface area (Å²) in [6.07, 6.45) is 3.09. The molecule has 42 heavy (non-hydrogen) atoms. The molecule has 2 heterocycles. The number of benzene rings is 2. The molecule has 0 bridgehead atoms. The summed E-state index contributed by atoms with van der Waals surface area (Å²) in [5.41, 5.74) is 3.64. The van der Waals surface area contributed by atoms with Crippen LogP contribution in [0.4, 0.5) is 4.79 Å². The van der Waals surface area contributed by atoms with E-state index >= 15 is 0 Å². The minimum atomic E-state index is -0.784. The van der Waals surface area contributed by atoms with Gasteiger partial charge in [0.25, 0.3) is 0 Å². The summed E-state index contributed by atoms with van der Waals surface area (Å²) in [5.74, 6) is 0.572. The molecule has 1 saturated heterocycles. The molecular formula is C32H44N6O4. The van der Waals surface area contributed by atoms with Crippen molar-refractivity contribution in [3.63, 3.8) is 0 Å². The fourth-order valence-electron chi connectivity index (χ4n) is 5.38. The molecule has 1 aliphatic rings. The average Bonchev–Trinajstić information content (AvgIpc) is 3.56. The van der Waals surface area contributed by atoms with Crippen LogP contribution in [0.15, 0.2) is 48.5 Å². The lowest BCUT2D eigenvalue weighted by atomic mass is 10.0. The summed E-state index contributed by atoms with van der Waals surface area (Å²) in [6, 6.07) is 15.7. The van der Waals surface area contributed by atoms with Crippen molar-refractivity contribution in [3.05, 3.63) is 54.4 Å². The topological polar surface area (TPSA) is 120 Å². The minimum absolute atomic E-state index is 0.205. The number of imidazole rings is 1. The van der Waals surface area contributed by atoms with Crippen molar-refractivity contribution in [2.24, 2.45) is 0 Å². The van der Waals surface area contributed by atoms with Crippen molar-refractivity contribution < 1.29 is 19.1 Å². The van der Waals surface area contributed by atoms with Crippen LogP contribution in [-0.2, 0) is 14.3 Å². The molecule has 1 aromatic heterocycles. The molecule has 0 saturated carbocycles. The first-order chi connectivity index (χ1) is 20.0. The molecule has 10 nitrogen and oxygen atoms in total. The van der Waals surface area contributed by atoms with Crippen LogP contribution in [0, 0.1) is 0 Å². The number of ether oxygens (including phenoxy) is 1. The number of likely N-dealkylation sites (N-methyl/N-ethyl adjacent to an activating group) is 1. The van der Waals surface area contributed by atoms with E-state index in [0.29, 0.717) is 25.4 Å². The monoisotopic (exact) mass is 576 g/mol. The highest BCUT2D eigenvalue weighted by molar-refractivity contribution is 5.92. The third-order valence-electron chi connectivity index (χ3n) is 7.92. The molecule has 4 atom stereocenters. The molecule has 3 N–H and O–H groups in total. The zero-order valence-electron chi connectivity index (χ0n) is 25.5. The Morgan fingerprint density at radius 3 is 2.60 bits per heavy atom. The van der Waals surface area contributed by atoms with Crippen LogP contribution in [-0.4, -0.2) is 89.0 Å². The number of likely N-dealkylation sites (tertiary alicyclic amines) is 1. The second kappa shape index (κ2) is 13.5. The Morgan fingerprint density at radius 2 is 1.90 bits per heavy atom. The number of fused-ring (bicyclic) bond motifs is 1. The fraction of sp³-hybridized carbons (Fsp3) is 0.500. The largest absolute Gasteiger partial charge is 0.444 e. The van der Waals surface area contributed by atoms with Crippen LogP contribution in [0.2, 0.25) is 0 Å². The molecule has 1 fully saturated rings. The fourth-order valence-corrected chi connectivity index (χ4v) is 5.38. The number of nitrogens with zero attached hydrogens (tertiary/aromatic N) is 3. The second-order valence-electron chi connectivity index (χ2n) is 12.1. The van der Waals surface area contributed by atoms with E-state index in [2.05, 4.69) is 57.9 Å². The Bertz CT molecular complexity index is 1370. The van der Waals surface area contributed by atoms with Crippen molar-refractivity contribution in [1.29, 1.82) is 0 Å². The highest BCUT2D eigenvalue weighted by atomic mass is 16.6. The van der Waals surface area contributed by atoms with Crippen LogP contribution in [0.1, 0.15) is 58.8 Å². The van der Waals surface area contributed by atoms with Gasteiger partial charge in [-0.25, -0.2) is 9.78 Å². The third kappa shape index (κ3) is 7.54. The lowest BCUT2D eigenvalue weighted by Crippen LogP contribution is -2.52. The van der Waals surface area contributed by atoms with Crippen molar-refractivity contribution in [3.8, 4) is 11.1 Å². The molecule has 1 aliphatic heterocycles. The number of H-pyrrole nitrogens is 1. The first-order valence-corrected chi connectivity index (χ1v) is 14.7. The van der Waals surface area contributed by atoms with Gasteiger partial charge in [-0.15, -0.1) is 0 Å². The van der Waals surface area contributed by atoms with Gasteiger partial charge < -0.3 is 25.1 Å². The maximum atomic E-state index is 12.7. The molecule has 2 amide bonds. The Morgan fingerprint density at radius 1 is 1.17 bits per heavy atom. The highest BCUT2D eigenvalue weighted by Crippen LogP contribution is 2.36.